The number of rotatable bonds is 6. The molecule has 0 spiro atoms. The topological polar surface area (TPSA) is 97.1 Å². The fraction of sp³-hybridized carbons (Fsp3) is 0.667. The fourth-order valence-corrected chi connectivity index (χ4v) is 1.67. The van der Waals surface area contributed by atoms with Crippen LogP contribution in [0.3, 0.4) is 0 Å². The van der Waals surface area contributed by atoms with Gasteiger partial charge in [-0.15, -0.1) is 5.10 Å². The van der Waals surface area contributed by atoms with Crippen molar-refractivity contribution >= 4 is 11.9 Å². The van der Waals surface area contributed by atoms with Crippen molar-refractivity contribution in [2.45, 2.75) is 40.2 Å². The standard InChI is InChI=1S/C12H20N4O3/c1-7(2)5-13-9(17)6-16-11(8(3)4)10(12(18)19)14-15-16/h7-8H,5-6H2,1-4H3,(H,13,17)(H,18,19). The summed E-state index contributed by atoms with van der Waals surface area (Å²) in [5, 5.41) is 19.2. The minimum atomic E-state index is -1.13. The second-order valence-electron chi connectivity index (χ2n) is 5.14. The highest BCUT2D eigenvalue weighted by Gasteiger charge is 2.22. The Morgan fingerprint density at radius 2 is 1.95 bits per heavy atom. The van der Waals surface area contributed by atoms with Crippen molar-refractivity contribution in [1.82, 2.24) is 20.3 Å². The summed E-state index contributed by atoms with van der Waals surface area (Å²) in [6.45, 7) is 8.24. The van der Waals surface area contributed by atoms with Gasteiger partial charge in [-0.3, -0.25) is 4.79 Å². The Labute approximate surface area is 112 Å². The summed E-state index contributed by atoms with van der Waals surface area (Å²) in [5.74, 6) is -1.03. The normalized spacial score (nSPS) is 11.1. The molecule has 0 saturated heterocycles. The van der Waals surface area contributed by atoms with Gasteiger partial charge < -0.3 is 10.4 Å². The van der Waals surface area contributed by atoms with Crippen LogP contribution in [0.1, 0.15) is 49.8 Å². The second-order valence-corrected chi connectivity index (χ2v) is 5.14. The first-order chi connectivity index (χ1) is 8.82. The molecule has 0 aliphatic rings. The highest BCUT2D eigenvalue weighted by Crippen LogP contribution is 2.17. The summed E-state index contributed by atoms with van der Waals surface area (Å²) in [6.07, 6.45) is 0. The van der Waals surface area contributed by atoms with Crippen molar-refractivity contribution in [2.75, 3.05) is 6.54 Å². The minimum absolute atomic E-state index is 0.0134. The highest BCUT2D eigenvalue weighted by atomic mass is 16.4. The van der Waals surface area contributed by atoms with Gasteiger partial charge in [-0.1, -0.05) is 32.9 Å². The first-order valence-electron chi connectivity index (χ1n) is 6.26. The highest BCUT2D eigenvalue weighted by molar-refractivity contribution is 5.86. The number of aromatic nitrogens is 3. The van der Waals surface area contributed by atoms with Crippen molar-refractivity contribution < 1.29 is 14.7 Å². The third-order valence-electron chi connectivity index (χ3n) is 2.52. The number of amides is 1. The quantitative estimate of drug-likeness (QED) is 0.798. The Morgan fingerprint density at radius 3 is 2.42 bits per heavy atom. The maximum absolute atomic E-state index is 11.7. The molecule has 106 valence electrons. The molecule has 0 aliphatic carbocycles. The molecule has 0 atom stereocenters. The Balaban J connectivity index is 2.84. The molecule has 0 aliphatic heterocycles. The molecule has 1 heterocycles. The molecule has 0 radical (unpaired) electrons. The van der Waals surface area contributed by atoms with E-state index in [1.807, 2.05) is 27.7 Å². The number of nitrogens with one attached hydrogen (secondary N) is 1. The summed E-state index contributed by atoms with van der Waals surface area (Å²) in [7, 11) is 0. The average Bonchev–Trinajstić information content (AvgIpc) is 2.70. The summed E-state index contributed by atoms with van der Waals surface area (Å²) < 4.78 is 1.35. The zero-order chi connectivity index (χ0) is 14.6. The van der Waals surface area contributed by atoms with Crippen LogP contribution in [0.5, 0.6) is 0 Å². The number of aromatic carboxylic acids is 1. The Morgan fingerprint density at radius 1 is 1.32 bits per heavy atom. The maximum atomic E-state index is 11.7. The molecule has 0 unspecified atom stereocenters. The molecule has 0 saturated carbocycles. The maximum Gasteiger partial charge on any atom is 0.358 e. The van der Waals surface area contributed by atoms with Crippen molar-refractivity contribution in [1.29, 1.82) is 0 Å². The number of carboxylic acids is 1. The van der Waals surface area contributed by atoms with E-state index in [4.69, 9.17) is 5.11 Å². The molecule has 19 heavy (non-hydrogen) atoms. The molecular formula is C12H20N4O3. The molecule has 1 amide bonds. The van der Waals surface area contributed by atoms with Crippen LogP contribution in [0.25, 0.3) is 0 Å². The third-order valence-corrected chi connectivity index (χ3v) is 2.52. The molecule has 0 bridgehead atoms. The molecule has 7 heteroatoms. The van der Waals surface area contributed by atoms with Crippen molar-refractivity contribution in [3.8, 4) is 0 Å². The lowest BCUT2D eigenvalue weighted by Crippen LogP contribution is -2.31. The molecule has 7 nitrogen and oxygen atoms in total. The van der Waals surface area contributed by atoms with Gasteiger partial charge in [0.2, 0.25) is 5.91 Å². The first-order valence-corrected chi connectivity index (χ1v) is 6.26. The average molecular weight is 268 g/mol. The van der Waals surface area contributed by atoms with Crippen LogP contribution in [0.4, 0.5) is 0 Å². The van der Waals surface area contributed by atoms with Gasteiger partial charge in [0.05, 0.1) is 5.69 Å². The second kappa shape index (κ2) is 6.31. The van der Waals surface area contributed by atoms with Crippen LogP contribution in [-0.2, 0) is 11.3 Å². The Hall–Kier alpha value is -1.92. The summed E-state index contributed by atoms with van der Waals surface area (Å²) in [5.41, 5.74) is 0.374. The van der Waals surface area contributed by atoms with Crippen LogP contribution in [0.15, 0.2) is 0 Å². The van der Waals surface area contributed by atoms with E-state index in [1.165, 1.54) is 4.68 Å². The van der Waals surface area contributed by atoms with Gasteiger partial charge in [0.25, 0.3) is 0 Å². The van der Waals surface area contributed by atoms with Gasteiger partial charge in [-0.2, -0.15) is 0 Å². The van der Waals surface area contributed by atoms with Crippen molar-refractivity contribution in [2.24, 2.45) is 5.92 Å². The summed E-state index contributed by atoms with van der Waals surface area (Å²) in [6, 6.07) is 0. The monoisotopic (exact) mass is 268 g/mol. The summed E-state index contributed by atoms with van der Waals surface area (Å²) >= 11 is 0. The zero-order valence-electron chi connectivity index (χ0n) is 11.7. The molecule has 1 aromatic heterocycles. The van der Waals surface area contributed by atoms with Gasteiger partial charge in [-0.05, 0) is 11.8 Å². The van der Waals surface area contributed by atoms with E-state index < -0.39 is 5.97 Å². The van der Waals surface area contributed by atoms with Crippen LogP contribution < -0.4 is 5.32 Å². The number of hydrogen-bond acceptors (Lipinski definition) is 4. The van der Waals surface area contributed by atoms with E-state index in [0.29, 0.717) is 18.2 Å². The number of nitrogens with zero attached hydrogens (tertiary/aromatic N) is 3. The van der Waals surface area contributed by atoms with Gasteiger partial charge in [0.1, 0.15) is 6.54 Å². The van der Waals surface area contributed by atoms with E-state index in [-0.39, 0.29) is 24.1 Å². The van der Waals surface area contributed by atoms with E-state index in [0.717, 1.165) is 0 Å². The predicted octanol–water partition coefficient (Wildman–Crippen LogP) is 0.872. The molecule has 2 N–H and O–H groups in total. The minimum Gasteiger partial charge on any atom is -0.476 e. The fourth-order valence-electron chi connectivity index (χ4n) is 1.67. The Bertz CT molecular complexity index is 466. The first kappa shape index (κ1) is 15.1. The van der Waals surface area contributed by atoms with Gasteiger partial charge in [0, 0.05) is 6.54 Å². The summed E-state index contributed by atoms with van der Waals surface area (Å²) in [4.78, 5) is 22.7. The molecule has 0 fully saturated rings. The lowest BCUT2D eigenvalue weighted by molar-refractivity contribution is -0.122. The largest absolute Gasteiger partial charge is 0.476 e. The van der Waals surface area contributed by atoms with Crippen LogP contribution in [0.2, 0.25) is 0 Å². The van der Waals surface area contributed by atoms with E-state index >= 15 is 0 Å². The van der Waals surface area contributed by atoms with Crippen LogP contribution in [0, 0.1) is 5.92 Å². The van der Waals surface area contributed by atoms with Gasteiger partial charge >= 0.3 is 5.97 Å². The third kappa shape index (κ3) is 4.04. The van der Waals surface area contributed by atoms with Crippen LogP contribution in [-0.4, -0.2) is 38.5 Å². The Kier molecular flexibility index (Phi) is 5.02. The lowest BCUT2D eigenvalue weighted by atomic mass is 10.1. The predicted molar refractivity (Wildman–Crippen MR) is 68.9 cm³/mol. The molecular weight excluding hydrogens is 248 g/mol. The molecule has 0 aromatic carbocycles. The number of carbonyl (C=O) groups excluding carboxylic acids is 1. The van der Waals surface area contributed by atoms with Crippen molar-refractivity contribution in [3.63, 3.8) is 0 Å². The van der Waals surface area contributed by atoms with Gasteiger partial charge in [-0.25, -0.2) is 9.48 Å². The zero-order valence-corrected chi connectivity index (χ0v) is 11.7. The van der Waals surface area contributed by atoms with E-state index in [9.17, 15) is 9.59 Å². The SMILES string of the molecule is CC(C)CNC(=O)Cn1nnc(C(=O)O)c1C(C)C. The molecule has 1 aromatic rings. The smallest absolute Gasteiger partial charge is 0.358 e. The lowest BCUT2D eigenvalue weighted by Gasteiger charge is -2.11. The van der Waals surface area contributed by atoms with E-state index in [2.05, 4.69) is 15.6 Å². The molecule has 1 rings (SSSR count). The van der Waals surface area contributed by atoms with E-state index in [1.54, 1.807) is 0 Å². The number of carbonyl (C=O) groups is 2. The number of hydrogen-bond donors (Lipinski definition) is 2. The van der Waals surface area contributed by atoms with Crippen LogP contribution >= 0.6 is 0 Å². The number of carboxylic acid groups (broad SMARTS) is 1. The van der Waals surface area contributed by atoms with Crippen molar-refractivity contribution in [3.05, 3.63) is 11.4 Å². The van der Waals surface area contributed by atoms with Gasteiger partial charge in [0.15, 0.2) is 5.69 Å².